The van der Waals surface area contributed by atoms with Crippen molar-refractivity contribution in [1.82, 2.24) is 4.98 Å². The average molecular weight is 224 g/mol. The Morgan fingerprint density at radius 3 is 2.53 bits per heavy atom. The maximum atomic E-state index is 11.8. The number of nitrogen functional groups attached to an aromatic ring is 1. The van der Waals surface area contributed by atoms with E-state index in [2.05, 4.69) is 4.98 Å². The molecule has 1 aromatic heterocycles. The number of anilines is 1. The molecule has 0 amide bonds. The first-order chi connectivity index (χ1) is 8.25. The van der Waals surface area contributed by atoms with Crippen LogP contribution >= 0.6 is 0 Å². The molecule has 0 aliphatic heterocycles. The van der Waals surface area contributed by atoms with Crippen LogP contribution in [-0.2, 0) is 0 Å². The van der Waals surface area contributed by atoms with E-state index in [0.29, 0.717) is 11.3 Å². The molecule has 3 nitrogen and oxygen atoms in total. The van der Waals surface area contributed by atoms with Crippen LogP contribution < -0.4 is 5.73 Å². The summed E-state index contributed by atoms with van der Waals surface area (Å²) in [5.74, 6) is -0.0596. The number of hydrogen-bond acceptors (Lipinski definition) is 3. The Bertz CT molecular complexity index is 530. The highest BCUT2D eigenvalue weighted by atomic mass is 16.1. The number of pyridine rings is 1. The second kappa shape index (κ2) is 5.07. The minimum atomic E-state index is -0.0596. The lowest BCUT2D eigenvalue weighted by atomic mass is 10.1. The molecule has 2 rings (SSSR count). The number of rotatable bonds is 3. The predicted octanol–water partition coefficient (Wildman–Crippen LogP) is 2.56. The van der Waals surface area contributed by atoms with Crippen LogP contribution in [-0.4, -0.2) is 10.8 Å². The molecule has 0 atom stereocenters. The topological polar surface area (TPSA) is 56.0 Å². The van der Waals surface area contributed by atoms with Gasteiger partial charge >= 0.3 is 0 Å². The van der Waals surface area contributed by atoms with Crippen LogP contribution in [0.25, 0.3) is 6.08 Å². The van der Waals surface area contributed by atoms with Crippen LogP contribution in [0.4, 0.5) is 5.69 Å². The first kappa shape index (κ1) is 11.1. The normalized spacial score (nSPS) is 10.6. The van der Waals surface area contributed by atoms with E-state index in [1.807, 2.05) is 18.2 Å². The van der Waals surface area contributed by atoms with Crippen molar-refractivity contribution >= 4 is 17.5 Å². The molecule has 0 unspecified atom stereocenters. The molecule has 0 fully saturated rings. The highest BCUT2D eigenvalue weighted by molar-refractivity contribution is 6.06. The lowest BCUT2D eigenvalue weighted by molar-refractivity contribution is 0.104. The standard InChI is InChI=1S/C14H12N2O/c15-12-6-4-11(5-7-12)14(17)9-8-13-3-1-2-10-16-13/h1-10H,15H2. The fourth-order valence-corrected chi connectivity index (χ4v) is 1.38. The molecule has 3 heteroatoms. The number of carbonyl (C=O) groups excluding carboxylic acids is 1. The minimum Gasteiger partial charge on any atom is -0.399 e. The van der Waals surface area contributed by atoms with Gasteiger partial charge in [-0.2, -0.15) is 0 Å². The van der Waals surface area contributed by atoms with E-state index in [1.54, 1.807) is 36.5 Å². The van der Waals surface area contributed by atoms with Gasteiger partial charge in [-0.05, 0) is 48.6 Å². The summed E-state index contributed by atoms with van der Waals surface area (Å²) in [4.78, 5) is 15.9. The van der Waals surface area contributed by atoms with E-state index in [4.69, 9.17) is 5.73 Å². The summed E-state index contributed by atoms with van der Waals surface area (Å²) in [6.45, 7) is 0. The number of aromatic nitrogens is 1. The Kier molecular flexibility index (Phi) is 3.31. The third-order valence-electron chi connectivity index (χ3n) is 2.29. The van der Waals surface area contributed by atoms with Crippen molar-refractivity contribution in [3.63, 3.8) is 0 Å². The maximum absolute atomic E-state index is 11.8. The Balaban J connectivity index is 2.12. The van der Waals surface area contributed by atoms with Gasteiger partial charge in [-0.3, -0.25) is 9.78 Å². The summed E-state index contributed by atoms with van der Waals surface area (Å²) in [7, 11) is 0. The van der Waals surface area contributed by atoms with Gasteiger partial charge in [0.15, 0.2) is 5.78 Å². The molecule has 84 valence electrons. The minimum absolute atomic E-state index is 0.0596. The zero-order valence-electron chi connectivity index (χ0n) is 9.21. The van der Waals surface area contributed by atoms with Gasteiger partial charge in [-0.1, -0.05) is 6.07 Å². The van der Waals surface area contributed by atoms with E-state index >= 15 is 0 Å². The number of nitrogens with two attached hydrogens (primary N) is 1. The van der Waals surface area contributed by atoms with Gasteiger partial charge in [-0.15, -0.1) is 0 Å². The van der Waals surface area contributed by atoms with Crippen molar-refractivity contribution in [2.24, 2.45) is 0 Å². The van der Waals surface area contributed by atoms with Crippen molar-refractivity contribution in [3.05, 3.63) is 66.0 Å². The van der Waals surface area contributed by atoms with E-state index in [1.165, 1.54) is 6.08 Å². The summed E-state index contributed by atoms with van der Waals surface area (Å²) in [6.07, 6.45) is 4.89. The number of ketones is 1. The first-order valence-corrected chi connectivity index (χ1v) is 5.25. The molecule has 1 heterocycles. The summed E-state index contributed by atoms with van der Waals surface area (Å²) in [5, 5.41) is 0. The van der Waals surface area contributed by atoms with Gasteiger partial charge in [-0.25, -0.2) is 0 Å². The Morgan fingerprint density at radius 2 is 1.88 bits per heavy atom. The number of allylic oxidation sites excluding steroid dienone is 1. The second-order valence-electron chi connectivity index (χ2n) is 3.57. The number of hydrogen-bond donors (Lipinski definition) is 1. The van der Waals surface area contributed by atoms with Gasteiger partial charge in [0.25, 0.3) is 0 Å². The third-order valence-corrected chi connectivity index (χ3v) is 2.29. The van der Waals surface area contributed by atoms with Gasteiger partial charge in [0, 0.05) is 17.4 Å². The Morgan fingerprint density at radius 1 is 1.12 bits per heavy atom. The van der Waals surface area contributed by atoms with Gasteiger partial charge in [0.1, 0.15) is 0 Å². The summed E-state index contributed by atoms with van der Waals surface area (Å²) < 4.78 is 0. The van der Waals surface area contributed by atoms with Gasteiger partial charge < -0.3 is 5.73 Å². The fourth-order valence-electron chi connectivity index (χ4n) is 1.38. The molecule has 0 saturated carbocycles. The van der Waals surface area contributed by atoms with Crippen molar-refractivity contribution < 1.29 is 4.79 Å². The van der Waals surface area contributed by atoms with E-state index in [9.17, 15) is 4.79 Å². The summed E-state index contributed by atoms with van der Waals surface area (Å²) in [6, 6.07) is 12.4. The molecule has 1 aromatic carbocycles. The Labute approximate surface area is 99.6 Å². The van der Waals surface area contributed by atoms with Gasteiger partial charge in [0.05, 0.1) is 5.69 Å². The van der Waals surface area contributed by atoms with Crippen molar-refractivity contribution in [2.75, 3.05) is 5.73 Å². The molecule has 0 radical (unpaired) electrons. The monoisotopic (exact) mass is 224 g/mol. The van der Waals surface area contributed by atoms with Crippen LogP contribution in [0.5, 0.6) is 0 Å². The van der Waals surface area contributed by atoms with Crippen LogP contribution in [0.3, 0.4) is 0 Å². The molecule has 2 aromatic rings. The van der Waals surface area contributed by atoms with E-state index in [-0.39, 0.29) is 5.78 Å². The number of nitrogens with zero attached hydrogens (tertiary/aromatic N) is 1. The zero-order chi connectivity index (χ0) is 12.1. The molecule has 0 bridgehead atoms. The fraction of sp³-hybridized carbons (Fsp3) is 0. The largest absolute Gasteiger partial charge is 0.399 e. The van der Waals surface area contributed by atoms with Crippen molar-refractivity contribution in [2.45, 2.75) is 0 Å². The summed E-state index contributed by atoms with van der Waals surface area (Å²) >= 11 is 0. The van der Waals surface area contributed by atoms with Crippen LogP contribution in [0.15, 0.2) is 54.7 Å². The number of carbonyl (C=O) groups is 1. The van der Waals surface area contributed by atoms with Crippen LogP contribution in [0, 0.1) is 0 Å². The molecular weight excluding hydrogens is 212 g/mol. The maximum Gasteiger partial charge on any atom is 0.185 e. The van der Waals surface area contributed by atoms with Crippen molar-refractivity contribution in [3.8, 4) is 0 Å². The van der Waals surface area contributed by atoms with Crippen LogP contribution in [0.1, 0.15) is 16.1 Å². The molecular formula is C14H12N2O. The zero-order valence-corrected chi connectivity index (χ0v) is 9.21. The smallest absolute Gasteiger partial charge is 0.185 e. The molecule has 0 saturated heterocycles. The SMILES string of the molecule is Nc1ccc(C(=O)C=Cc2ccccn2)cc1. The molecule has 0 spiro atoms. The van der Waals surface area contributed by atoms with E-state index in [0.717, 1.165) is 5.69 Å². The first-order valence-electron chi connectivity index (χ1n) is 5.25. The van der Waals surface area contributed by atoms with Crippen molar-refractivity contribution in [1.29, 1.82) is 0 Å². The Hall–Kier alpha value is -2.42. The predicted molar refractivity (Wildman–Crippen MR) is 68.5 cm³/mol. The van der Waals surface area contributed by atoms with Crippen LogP contribution in [0.2, 0.25) is 0 Å². The molecule has 2 N–H and O–H groups in total. The second-order valence-corrected chi connectivity index (χ2v) is 3.57. The highest BCUT2D eigenvalue weighted by Gasteiger charge is 2.00. The lowest BCUT2D eigenvalue weighted by Gasteiger charge is -1.96. The third kappa shape index (κ3) is 3.01. The van der Waals surface area contributed by atoms with Gasteiger partial charge in [0.2, 0.25) is 0 Å². The quantitative estimate of drug-likeness (QED) is 0.495. The molecule has 17 heavy (non-hydrogen) atoms. The molecule has 0 aliphatic rings. The van der Waals surface area contributed by atoms with E-state index < -0.39 is 0 Å². The average Bonchev–Trinajstić information content (AvgIpc) is 2.38. The lowest BCUT2D eigenvalue weighted by Crippen LogP contribution is -1.94. The highest BCUT2D eigenvalue weighted by Crippen LogP contribution is 2.07. The summed E-state index contributed by atoms with van der Waals surface area (Å²) in [5.41, 5.74) is 7.58. The number of benzene rings is 1. The molecule has 0 aliphatic carbocycles.